The van der Waals surface area contributed by atoms with Crippen molar-refractivity contribution in [2.45, 2.75) is 13.1 Å². The monoisotopic (exact) mass is 386 g/mol. The van der Waals surface area contributed by atoms with E-state index < -0.39 is 0 Å². The van der Waals surface area contributed by atoms with E-state index >= 15 is 0 Å². The summed E-state index contributed by atoms with van der Waals surface area (Å²) in [5, 5.41) is 3.07. The predicted molar refractivity (Wildman–Crippen MR) is 116 cm³/mol. The highest BCUT2D eigenvalue weighted by Gasteiger charge is 2.13. The van der Waals surface area contributed by atoms with Crippen molar-refractivity contribution in [3.8, 4) is 11.1 Å². The first kappa shape index (κ1) is 19.4. The zero-order chi connectivity index (χ0) is 19.9. The molecule has 0 atom stereocenters. The summed E-state index contributed by atoms with van der Waals surface area (Å²) in [5.74, 6) is -0.0502. The topological polar surface area (TPSA) is 41.6 Å². The zero-order valence-corrected chi connectivity index (χ0v) is 16.5. The van der Waals surface area contributed by atoms with Crippen molar-refractivity contribution in [1.29, 1.82) is 0 Å². The van der Waals surface area contributed by atoms with Gasteiger partial charge in [-0.3, -0.25) is 9.69 Å². The van der Waals surface area contributed by atoms with Crippen LogP contribution < -0.4 is 5.32 Å². The molecule has 0 radical (unpaired) electrons. The summed E-state index contributed by atoms with van der Waals surface area (Å²) in [6.07, 6.45) is 0. The van der Waals surface area contributed by atoms with Crippen molar-refractivity contribution in [2.75, 3.05) is 26.3 Å². The van der Waals surface area contributed by atoms with E-state index in [2.05, 4.69) is 40.5 Å². The first-order valence-corrected chi connectivity index (χ1v) is 10.1. The van der Waals surface area contributed by atoms with Crippen LogP contribution in [-0.4, -0.2) is 37.1 Å². The van der Waals surface area contributed by atoms with Gasteiger partial charge >= 0.3 is 0 Å². The predicted octanol–water partition coefficient (Wildman–Crippen LogP) is 4.12. The molecule has 0 aliphatic carbocycles. The summed E-state index contributed by atoms with van der Waals surface area (Å²) < 4.78 is 5.43. The number of carbonyl (C=O) groups is 1. The summed E-state index contributed by atoms with van der Waals surface area (Å²) in [6.45, 7) is 4.90. The smallest absolute Gasteiger partial charge is 0.251 e. The summed E-state index contributed by atoms with van der Waals surface area (Å²) in [4.78, 5) is 15.0. The van der Waals surface area contributed by atoms with Gasteiger partial charge < -0.3 is 10.1 Å². The maximum atomic E-state index is 12.6. The molecule has 1 aliphatic heterocycles. The van der Waals surface area contributed by atoms with Gasteiger partial charge in [-0.05, 0) is 34.4 Å². The normalized spacial score (nSPS) is 14.5. The van der Waals surface area contributed by atoms with Crippen LogP contribution in [0.5, 0.6) is 0 Å². The third-order valence-corrected chi connectivity index (χ3v) is 5.31. The van der Waals surface area contributed by atoms with Gasteiger partial charge in [0.25, 0.3) is 5.91 Å². The molecule has 1 fully saturated rings. The standard InChI is InChI=1S/C25H26N2O2/c28-25(22-12-10-21(11-13-22)20-6-2-1-3-7-20)26-18-23-8-4-5-9-24(23)19-27-14-16-29-17-15-27/h1-13H,14-19H2,(H,26,28). The van der Waals surface area contributed by atoms with Crippen molar-refractivity contribution in [3.05, 3.63) is 95.6 Å². The molecule has 0 spiro atoms. The SMILES string of the molecule is O=C(NCc1ccccc1CN1CCOCC1)c1ccc(-c2ccccc2)cc1. The summed E-state index contributed by atoms with van der Waals surface area (Å²) >= 11 is 0. The Labute approximate surface area is 172 Å². The number of morpholine rings is 1. The first-order chi connectivity index (χ1) is 14.3. The number of carbonyl (C=O) groups excluding carboxylic acids is 1. The molecule has 0 saturated carbocycles. The second-order valence-electron chi connectivity index (χ2n) is 7.28. The van der Waals surface area contributed by atoms with Crippen molar-refractivity contribution >= 4 is 5.91 Å². The maximum absolute atomic E-state index is 12.6. The Morgan fingerprint density at radius 2 is 1.41 bits per heavy atom. The third-order valence-electron chi connectivity index (χ3n) is 5.31. The minimum atomic E-state index is -0.0502. The fourth-order valence-corrected chi connectivity index (χ4v) is 3.61. The average Bonchev–Trinajstić information content (AvgIpc) is 2.80. The summed E-state index contributed by atoms with van der Waals surface area (Å²) in [6, 6.07) is 26.3. The minimum absolute atomic E-state index is 0.0502. The molecule has 3 aromatic carbocycles. The number of rotatable bonds is 6. The second kappa shape index (κ2) is 9.50. The van der Waals surface area contributed by atoms with E-state index in [1.54, 1.807) is 0 Å². The molecule has 1 amide bonds. The Balaban J connectivity index is 1.38. The van der Waals surface area contributed by atoms with Crippen LogP contribution in [0.15, 0.2) is 78.9 Å². The Morgan fingerprint density at radius 3 is 2.14 bits per heavy atom. The van der Waals surface area contributed by atoms with Crippen LogP contribution in [0.4, 0.5) is 0 Å². The highest BCUT2D eigenvalue weighted by molar-refractivity contribution is 5.94. The Hall–Kier alpha value is -2.95. The van der Waals surface area contributed by atoms with Gasteiger partial charge in [-0.25, -0.2) is 0 Å². The molecular weight excluding hydrogens is 360 g/mol. The largest absolute Gasteiger partial charge is 0.379 e. The molecule has 0 unspecified atom stereocenters. The molecular formula is C25H26N2O2. The fourth-order valence-electron chi connectivity index (χ4n) is 3.61. The number of benzene rings is 3. The minimum Gasteiger partial charge on any atom is -0.379 e. The number of hydrogen-bond acceptors (Lipinski definition) is 3. The van der Waals surface area contributed by atoms with Gasteiger partial charge in [0.2, 0.25) is 0 Å². The van der Waals surface area contributed by atoms with Gasteiger partial charge in [-0.15, -0.1) is 0 Å². The van der Waals surface area contributed by atoms with Crippen LogP contribution in [0.3, 0.4) is 0 Å². The van der Waals surface area contributed by atoms with Gasteiger partial charge in [-0.1, -0.05) is 66.7 Å². The number of nitrogens with one attached hydrogen (secondary N) is 1. The fraction of sp³-hybridized carbons (Fsp3) is 0.240. The number of ether oxygens (including phenoxy) is 1. The van der Waals surface area contributed by atoms with Crippen LogP contribution in [0.1, 0.15) is 21.5 Å². The molecule has 0 bridgehead atoms. The molecule has 148 valence electrons. The van der Waals surface area contributed by atoms with Crippen molar-refractivity contribution in [3.63, 3.8) is 0 Å². The number of hydrogen-bond donors (Lipinski definition) is 1. The van der Waals surface area contributed by atoms with Gasteiger partial charge in [-0.2, -0.15) is 0 Å². The highest BCUT2D eigenvalue weighted by Crippen LogP contribution is 2.19. The third kappa shape index (κ3) is 5.11. The van der Waals surface area contributed by atoms with Gasteiger partial charge in [0.05, 0.1) is 13.2 Å². The summed E-state index contributed by atoms with van der Waals surface area (Å²) in [5.41, 5.74) is 5.35. The van der Waals surface area contributed by atoms with Crippen LogP contribution in [0.2, 0.25) is 0 Å². The molecule has 0 aromatic heterocycles. The van der Waals surface area contributed by atoms with E-state index in [9.17, 15) is 4.79 Å². The Bertz CT molecular complexity index is 933. The van der Waals surface area contributed by atoms with E-state index in [1.807, 2.05) is 48.5 Å². The van der Waals surface area contributed by atoms with Crippen LogP contribution in [0, 0.1) is 0 Å². The molecule has 3 aromatic rings. The molecule has 1 heterocycles. The first-order valence-electron chi connectivity index (χ1n) is 10.1. The molecule has 1 saturated heterocycles. The molecule has 4 rings (SSSR count). The van der Waals surface area contributed by atoms with E-state index in [0.29, 0.717) is 12.1 Å². The summed E-state index contributed by atoms with van der Waals surface area (Å²) in [7, 11) is 0. The highest BCUT2D eigenvalue weighted by atomic mass is 16.5. The molecule has 4 heteroatoms. The van der Waals surface area contributed by atoms with Crippen LogP contribution in [0.25, 0.3) is 11.1 Å². The van der Waals surface area contributed by atoms with Crippen molar-refractivity contribution in [2.24, 2.45) is 0 Å². The van der Waals surface area contributed by atoms with E-state index in [4.69, 9.17) is 4.74 Å². The van der Waals surface area contributed by atoms with E-state index in [-0.39, 0.29) is 5.91 Å². The molecule has 1 aliphatic rings. The van der Waals surface area contributed by atoms with E-state index in [0.717, 1.165) is 49.5 Å². The number of amides is 1. The lowest BCUT2D eigenvalue weighted by Gasteiger charge is -2.27. The zero-order valence-electron chi connectivity index (χ0n) is 16.5. The average molecular weight is 386 g/mol. The lowest BCUT2D eigenvalue weighted by atomic mass is 10.0. The van der Waals surface area contributed by atoms with E-state index in [1.165, 1.54) is 5.56 Å². The molecule has 1 N–H and O–H groups in total. The Kier molecular flexibility index (Phi) is 6.35. The van der Waals surface area contributed by atoms with Gasteiger partial charge in [0, 0.05) is 31.7 Å². The van der Waals surface area contributed by atoms with Crippen LogP contribution >= 0.6 is 0 Å². The molecule has 29 heavy (non-hydrogen) atoms. The van der Waals surface area contributed by atoms with Gasteiger partial charge in [0.1, 0.15) is 0 Å². The Morgan fingerprint density at radius 1 is 0.793 bits per heavy atom. The number of nitrogens with zero attached hydrogens (tertiary/aromatic N) is 1. The van der Waals surface area contributed by atoms with Crippen molar-refractivity contribution in [1.82, 2.24) is 10.2 Å². The molecule has 4 nitrogen and oxygen atoms in total. The van der Waals surface area contributed by atoms with Crippen molar-refractivity contribution < 1.29 is 9.53 Å². The van der Waals surface area contributed by atoms with Gasteiger partial charge in [0.15, 0.2) is 0 Å². The maximum Gasteiger partial charge on any atom is 0.251 e. The quantitative estimate of drug-likeness (QED) is 0.693. The second-order valence-corrected chi connectivity index (χ2v) is 7.28. The van der Waals surface area contributed by atoms with Crippen LogP contribution in [-0.2, 0) is 17.8 Å². The lowest BCUT2D eigenvalue weighted by molar-refractivity contribution is 0.0340. The lowest BCUT2D eigenvalue weighted by Crippen LogP contribution is -2.36.